The van der Waals surface area contributed by atoms with Crippen molar-refractivity contribution in [1.29, 1.82) is 0 Å². The highest BCUT2D eigenvalue weighted by molar-refractivity contribution is 6.02. The lowest BCUT2D eigenvalue weighted by atomic mass is 10.3. The molecule has 0 saturated carbocycles. The van der Waals surface area contributed by atoms with Gasteiger partial charge in [0.2, 0.25) is 5.91 Å². The fourth-order valence-corrected chi connectivity index (χ4v) is 2.39. The molecule has 9 nitrogen and oxygen atoms in total. The first-order chi connectivity index (χ1) is 12.5. The van der Waals surface area contributed by atoms with Crippen molar-refractivity contribution >= 4 is 17.5 Å². The summed E-state index contributed by atoms with van der Waals surface area (Å²) in [5.41, 5.74) is 1.34. The summed E-state index contributed by atoms with van der Waals surface area (Å²) >= 11 is 0. The maximum absolute atomic E-state index is 12.4. The predicted molar refractivity (Wildman–Crippen MR) is 93.4 cm³/mol. The van der Waals surface area contributed by atoms with Gasteiger partial charge in [-0.1, -0.05) is 0 Å². The molecule has 26 heavy (non-hydrogen) atoms. The van der Waals surface area contributed by atoms with Gasteiger partial charge in [-0.05, 0) is 32.0 Å². The third-order valence-electron chi connectivity index (χ3n) is 3.66. The molecule has 0 aliphatic rings. The van der Waals surface area contributed by atoms with E-state index in [1.807, 2.05) is 19.9 Å². The first-order valence-electron chi connectivity index (χ1n) is 8.23. The number of furan rings is 1. The Morgan fingerprint density at radius 2 is 2.08 bits per heavy atom. The Hall–Kier alpha value is -3.36. The summed E-state index contributed by atoms with van der Waals surface area (Å²) < 4.78 is 8.32. The topological polar surface area (TPSA) is 107 Å². The van der Waals surface area contributed by atoms with E-state index in [2.05, 4.69) is 20.8 Å². The first kappa shape index (κ1) is 17.5. The summed E-state index contributed by atoms with van der Waals surface area (Å²) in [6.07, 6.45) is 4.89. The second-order valence-corrected chi connectivity index (χ2v) is 5.71. The van der Waals surface area contributed by atoms with Crippen LogP contribution in [-0.2, 0) is 24.4 Å². The van der Waals surface area contributed by atoms with Crippen LogP contribution in [0.15, 0.2) is 41.3 Å². The smallest absolute Gasteiger partial charge is 0.274 e. The third-order valence-corrected chi connectivity index (χ3v) is 3.66. The Kier molecular flexibility index (Phi) is 5.16. The van der Waals surface area contributed by atoms with Crippen molar-refractivity contribution in [1.82, 2.24) is 24.9 Å². The van der Waals surface area contributed by atoms with Crippen molar-refractivity contribution in [3.05, 3.63) is 54.0 Å². The average molecular weight is 356 g/mol. The molecule has 0 radical (unpaired) electrons. The van der Waals surface area contributed by atoms with Gasteiger partial charge in [0.15, 0.2) is 5.69 Å². The molecule has 0 aliphatic carbocycles. The predicted octanol–water partition coefficient (Wildman–Crippen LogP) is 1.57. The minimum absolute atomic E-state index is 0.0542. The number of aromatic nitrogens is 4. The molecule has 3 aromatic rings. The zero-order valence-corrected chi connectivity index (χ0v) is 14.6. The van der Waals surface area contributed by atoms with Crippen LogP contribution in [0.4, 0.5) is 5.69 Å². The fraction of sp³-hybridized carbons (Fsp3) is 0.294. The molecular formula is C17H20N6O3. The molecule has 0 unspecified atom stereocenters. The van der Waals surface area contributed by atoms with Crippen LogP contribution >= 0.6 is 0 Å². The molecule has 0 fully saturated rings. The molecule has 0 spiro atoms. The molecule has 0 aromatic carbocycles. The van der Waals surface area contributed by atoms with Gasteiger partial charge in [-0.2, -0.15) is 10.2 Å². The van der Waals surface area contributed by atoms with E-state index >= 15 is 0 Å². The van der Waals surface area contributed by atoms with Gasteiger partial charge in [0.05, 0.1) is 24.2 Å². The monoisotopic (exact) mass is 356 g/mol. The molecule has 3 aromatic heterocycles. The number of amides is 2. The van der Waals surface area contributed by atoms with Crippen LogP contribution in [0.3, 0.4) is 0 Å². The lowest BCUT2D eigenvalue weighted by Crippen LogP contribution is -2.26. The Morgan fingerprint density at radius 3 is 2.73 bits per heavy atom. The van der Waals surface area contributed by atoms with Gasteiger partial charge in [0, 0.05) is 18.9 Å². The molecule has 0 bridgehead atoms. The van der Waals surface area contributed by atoms with E-state index in [1.54, 1.807) is 29.2 Å². The Morgan fingerprint density at radius 1 is 1.23 bits per heavy atom. The third kappa shape index (κ3) is 4.18. The van der Waals surface area contributed by atoms with Crippen LogP contribution < -0.4 is 10.6 Å². The zero-order chi connectivity index (χ0) is 18.5. The van der Waals surface area contributed by atoms with E-state index < -0.39 is 0 Å². The summed E-state index contributed by atoms with van der Waals surface area (Å²) in [5, 5.41) is 13.9. The molecule has 3 heterocycles. The number of nitrogens with zero attached hydrogens (tertiary/aromatic N) is 4. The SMILES string of the molecule is CCn1cc(NC(=O)Cn2ccc(C)n2)c(C(=O)NCc2ccco2)n1. The maximum Gasteiger partial charge on any atom is 0.274 e. The number of rotatable bonds is 7. The molecule has 2 N–H and O–H groups in total. The maximum atomic E-state index is 12.4. The molecule has 136 valence electrons. The summed E-state index contributed by atoms with van der Waals surface area (Å²) in [4.78, 5) is 24.7. The number of carbonyl (C=O) groups excluding carboxylic acids is 2. The van der Waals surface area contributed by atoms with E-state index in [1.165, 1.54) is 10.9 Å². The molecular weight excluding hydrogens is 336 g/mol. The van der Waals surface area contributed by atoms with Crippen molar-refractivity contribution in [2.75, 3.05) is 5.32 Å². The standard InChI is InChI=1S/C17H20N6O3/c1-3-22-10-14(19-15(24)11-23-7-6-12(2)20-23)16(21-22)17(25)18-9-13-5-4-8-26-13/h4-8,10H,3,9,11H2,1-2H3,(H,18,25)(H,19,24). The zero-order valence-electron chi connectivity index (χ0n) is 14.6. The molecule has 9 heteroatoms. The minimum atomic E-state index is -0.390. The summed E-state index contributed by atoms with van der Waals surface area (Å²) in [6.45, 7) is 4.62. The summed E-state index contributed by atoms with van der Waals surface area (Å²) in [7, 11) is 0. The van der Waals surface area contributed by atoms with Gasteiger partial charge >= 0.3 is 0 Å². The van der Waals surface area contributed by atoms with Crippen molar-refractivity contribution in [2.24, 2.45) is 0 Å². The highest BCUT2D eigenvalue weighted by Crippen LogP contribution is 2.14. The lowest BCUT2D eigenvalue weighted by molar-refractivity contribution is -0.116. The van der Waals surface area contributed by atoms with Gasteiger partial charge in [0.1, 0.15) is 12.3 Å². The van der Waals surface area contributed by atoms with Gasteiger partial charge in [-0.25, -0.2) is 0 Å². The molecule has 0 atom stereocenters. The van der Waals surface area contributed by atoms with Crippen LogP contribution in [0.25, 0.3) is 0 Å². The number of hydrogen-bond donors (Lipinski definition) is 2. The van der Waals surface area contributed by atoms with Crippen molar-refractivity contribution in [2.45, 2.75) is 33.5 Å². The normalized spacial score (nSPS) is 10.7. The number of aryl methyl sites for hydroxylation is 2. The fourth-order valence-electron chi connectivity index (χ4n) is 2.39. The number of anilines is 1. The van der Waals surface area contributed by atoms with E-state index in [4.69, 9.17) is 4.42 Å². The Labute approximate surface area is 150 Å². The van der Waals surface area contributed by atoms with Gasteiger partial charge in [-0.3, -0.25) is 19.0 Å². The van der Waals surface area contributed by atoms with Crippen LogP contribution in [-0.4, -0.2) is 31.4 Å². The van der Waals surface area contributed by atoms with E-state index in [-0.39, 0.29) is 30.6 Å². The quantitative estimate of drug-likeness (QED) is 0.668. The number of carbonyl (C=O) groups is 2. The van der Waals surface area contributed by atoms with Crippen molar-refractivity contribution < 1.29 is 14.0 Å². The van der Waals surface area contributed by atoms with Gasteiger partial charge in [-0.15, -0.1) is 0 Å². The van der Waals surface area contributed by atoms with Gasteiger partial charge in [0.25, 0.3) is 5.91 Å². The summed E-state index contributed by atoms with van der Waals surface area (Å²) in [6, 6.07) is 5.32. The highest BCUT2D eigenvalue weighted by Gasteiger charge is 2.19. The van der Waals surface area contributed by atoms with E-state index in [0.717, 1.165) is 5.69 Å². The van der Waals surface area contributed by atoms with E-state index in [9.17, 15) is 9.59 Å². The molecule has 0 saturated heterocycles. The van der Waals surface area contributed by atoms with Crippen molar-refractivity contribution in [3.8, 4) is 0 Å². The molecule has 2 amide bonds. The largest absolute Gasteiger partial charge is 0.467 e. The van der Waals surface area contributed by atoms with Crippen LogP contribution in [0.1, 0.15) is 28.9 Å². The number of nitrogens with one attached hydrogen (secondary N) is 2. The Balaban J connectivity index is 1.68. The number of hydrogen-bond acceptors (Lipinski definition) is 5. The van der Waals surface area contributed by atoms with Gasteiger partial charge < -0.3 is 15.1 Å². The second kappa shape index (κ2) is 7.68. The summed E-state index contributed by atoms with van der Waals surface area (Å²) in [5.74, 6) is -0.0458. The second-order valence-electron chi connectivity index (χ2n) is 5.71. The lowest BCUT2D eigenvalue weighted by Gasteiger charge is -2.06. The first-order valence-corrected chi connectivity index (χ1v) is 8.23. The Bertz CT molecular complexity index is 894. The van der Waals surface area contributed by atoms with Crippen molar-refractivity contribution in [3.63, 3.8) is 0 Å². The van der Waals surface area contributed by atoms with E-state index in [0.29, 0.717) is 18.0 Å². The average Bonchev–Trinajstić information content (AvgIpc) is 3.34. The van der Waals surface area contributed by atoms with Crippen LogP contribution in [0.2, 0.25) is 0 Å². The van der Waals surface area contributed by atoms with Crippen LogP contribution in [0.5, 0.6) is 0 Å². The molecule has 3 rings (SSSR count). The molecule has 0 aliphatic heterocycles. The van der Waals surface area contributed by atoms with Crippen LogP contribution in [0, 0.1) is 6.92 Å². The minimum Gasteiger partial charge on any atom is -0.467 e. The highest BCUT2D eigenvalue weighted by atomic mass is 16.3.